The fourth-order valence-electron chi connectivity index (χ4n) is 5.04. The molecule has 0 unspecified atom stereocenters. The molecule has 0 radical (unpaired) electrons. The van der Waals surface area contributed by atoms with Crippen LogP contribution in [-0.2, 0) is 11.2 Å². The van der Waals surface area contributed by atoms with Gasteiger partial charge in [-0.3, -0.25) is 14.6 Å². The number of hydrogen-bond acceptors (Lipinski definition) is 4. The number of methoxy groups -OCH3 is 1. The molecule has 2 aliphatic heterocycles. The molecular formula is C24H31ClFN3O2. The van der Waals surface area contributed by atoms with E-state index >= 15 is 0 Å². The predicted molar refractivity (Wildman–Crippen MR) is 122 cm³/mol. The number of carbonyl (C=O) groups excluding carboxylic acids is 1. The van der Waals surface area contributed by atoms with Crippen molar-refractivity contribution in [1.82, 2.24) is 15.1 Å². The lowest BCUT2D eigenvalue weighted by Crippen LogP contribution is -2.38. The molecule has 4 rings (SSSR count). The summed E-state index contributed by atoms with van der Waals surface area (Å²) in [6.45, 7) is 3.98. The largest absolute Gasteiger partial charge is 0.497 e. The van der Waals surface area contributed by atoms with Gasteiger partial charge in [0.2, 0.25) is 5.91 Å². The molecule has 3 atom stereocenters. The molecule has 0 saturated carbocycles. The van der Waals surface area contributed by atoms with E-state index in [4.69, 9.17) is 4.74 Å². The van der Waals surface area contributed by atoms with E-state index in [1.165, 1.54) is 17.7 Å². The van der Waals surface area contributed by atoms with Crippen molar-refractivity contribution >= 4 is 18.3 Å². The van der Waals surface area contributed by atoms with Crippen molar-refractivity contribution in [2.45, 2.75) is 12.5 Å². The average Bonchev–Trinajstić information content (AvgIpc) is 3.25. The van der Waals surface area contributed by atoms with Gasteiger partial charge in [-0.05, 0) is 60.7 Å². The highest BCUT2D eigenvalue weighted by Crippen LogP contribution is 2.44. The van der Waals surface area contributed by atoms with Crippen LogP contribution in [0.4, 0.5) is 4.39 Å². The molecule has 0 spiro atoms. The fourth-order valence-corrected chi connectivity index (χ4v) is 5.04. The van der Waals surface area contributed by atoms with E-state index in [2.05, 4.69) is 34.3 Å². The van der Waals surface area contributed by atoms with Crippen LogP contribution in [0.15, 0.2) is 48.5 Å². The molecule has 7 heteroatoms. The van der Waals surface area contributed by atoms with Crippen LogP contribution in [0, 0.1) is 17.7 Å². The van der Waals surface area contributed by atoms with Crippen LogP contribution in [0.3, 0.4) is 0 Å². The van der Waals surface area contributed by atoms with Crippen molar-refractivity contribution in [3.63, 3.8) is 0 Å². The summed E-state index contributed by atoms with van der Waals surface area (Å²) in [6.07, 6.45) is 0.710. The predicted octanol–water partition coefficient (Wildman–Crippen LogP) is 3.15. The molecule has 2 aromatic carbocycles. The topological polar surface area (TPSA) is 44.8 Å². The number of amides is 1. The first-order chi connectivity index (χ1) is 14.5. The van der Waals surface area contributed by atoms with Gasteiger partial charge in [0.25, 0.3) is 0 Å². The molecule has 168 valence electrons. The van der Waals surface area contributed by atoms with Gasteiger partial charge in [-0.2, -0.15) is 0 Å². The average molecular weight is 448 g/mol. The summed E-state index contributed by atoms with van der Waals surface area (Å²) in [5.74, 6) is 1.83. The summed E-state index contributed by atoms with van der Waals surface area (Å²) in [5.41, 5.74) is 2.34. The molecule has 31 heavy (non-hydrogen) atoms. The zero-order chi connectivity index (χ0) is 21.1. The Hall–Kier alpha value is -2.15. The van der Waals surface area contributed by atoms with Gasteiger partial charge < -0.3 is 10.1 Å². The summed E-state index contributed by atoms with van der Waals surface area (Å²) in [5, 5.41) is 3.00. The van der Waals surface area contributed by atoms with Crippen molar-refractivity contribution in [3.8, 4) is 5.75 Å². The maximum absolute atomic E-state index is 13.0. The smallest absolute Gasteiger partial charge is 0.234 e. The second kappa shape index (κ2) is 10.4. The number of rotatable bonds is 7. The molecule has 1 N–H and O–H groups in total. The van der Waals surface area contributed by atoms with E-state index in [-0.39, 0.29) is 24.1 Å². The lowest BCUT2D eigenvalue weighted by molar-refractivity contribution is -0.122. The molecule has 2 heterocycles. The van der Waals surface area contributed by atoms with Crippen molar-refractivity contribution < 1.29 is 13.9 Å². The molecule has 2 aliphatic rings. The minimum atomic E-state index is -0.235. The van der Waals surface area contributed by atoms with Crippen molar-refractivity contribution in [1.29, 1.82) is 0 Å². The molecule has 0 bridgehead atoms. The first-order valence-electron chi connectivity index (χ1n) is 10.6. The lowest BCUT2D eigenvalue weighted by atomic mass is 9.89. The number of carbonyl (C=O) groups is 1. The maximum Gasteiger partial charge on any atom is 0.234 e. The second-order valence-corrected chi connectivity index (χ2v) is 8.50. The van der Waals surface area contributed by atoms with E-state index in [0.717, 1.165) is 30.9 Å². The Kier molecular flexibility index (Phi) is 7.92. The second-order valence-electron chi connectivity index (χ2n) is 8.50. The monoisotopic (exact) mass is 447 g/mol. The lowest BCUT2D eigenvalue weighted by Gasteiger charge is -2.26. The van der Waals surface area contributed by atoms with Crippen LogP contribution in [0.2, 0.25) is 0 Å². The number of likely N-dealkylation sites (tertiary alicyclic amines) is 2. The minimum absolute atomic E-state index is 0. The molecular weight excluding hydrogens is 417 g/mol. The number of fused-ring (bicyclic) bond motifs is 1. The summed E-state index contributed by atoms with van der Waals surface area (Å²) >= 11 is 0. The van der Waals surface area contributed by atoms with Crippen molar-refractivity contribution in [2.75, 3.05) is 46.9 Å². The molecule has 2 aromatic rings. The van der Waals surface area contributed by atoms with Crippen molar-refractivity contribution in [3.05, 3.63) is 65.5 Å². The first-order valence-corrected chi connectivity index (χ1v) is 10.6. The van der Waals surface area contributed by atoms with Gasteiger partial charge in [-0.15, -0.1) is 12.4 Å². The molecule has 0 aliphatic carbocycles. The maximum atomic E-state index is 13.0. The van der Waals surface area contributed by atoms with Crippen LogP contribution >= 0.6 is 12.4 Å². The highest BCUT2D eigenvalue weighted by atomic mass is 35.5. The highest BCUT2D eigenvalue weighted by Gasteiger charge is 2.46. The van der Waals surface area contributed by atoms with Crippen LogP contribution in [0.25, 0.3) is 0 Å². The SMILES string of the molecule is COc1ccc([C@H]2[C@@H]3CN(CC(=O)NCCc4ccc(F)cc4)C[C@@H]3CN2C)cc1.Cl. The Balaban J connectivity index is 0.00000272. The number of halogens is 2. The third-order valence-corrected chi connectivity index (χ3v) is 6.44. The van der Waals surface area contributed by atoms with Gasteiger partial charge in [-0.1, -0.05) is 24.3 Å². The molecule has 1 amide bonds. The van der Waals surface area contributed by atoms with E-state index < -0.39 is 0 Å². The number of nitrogens with one attached hydrogen (secondary N) is 1. The van der Waals surface area contributed by atoms with Gasteiger partial charge in [0.1, 0.15) is 11.6 Å². The molecule has 2 saturated heterocycles. The molecule has 0 aromatic heterocycles. The van der Waals surface area contributed by atoms with Crippen LogP contribution in [0.5, 0.6) is 5.75 Å². The summed E-state index contributed by atoms with van der Waals surface area (Å²) in [4.78, 5) is 17.1. The number of ether oxygens (including phenoxy) is 1. The third-order valence-electron chi connectivity index (χ3n) is 6.44. The van der Waals surface area contributed by atoms with Gasteiger partial charge in [0.05, 0.1) is 13.7 Å². The third kappa shape index (κ3) is 5.56. The standard InChI is InChI=1S/C24H30FN3O2.ClH/c1-27-13-19-14-28(15-22(19)24(27)18-5-9-21(30-2)10-6-18)16-23(29)26-12-11-17-3-7-20(25)8-4-17;/h3-10,19,22,24H,11-16H2,1-2H3,(H,26,29);1H/t19-,22+,24-;/m0./s1. The van der Waals surface area contributed by atoms with Crippen LogP contribution < -0.4 is 10.1 Å². The van der Waals surface area contributed by atoms with Crippen LogP contribution in [-0.4, -0.2) is 62.6 Å². The first kappa shape index (κ1) is 23.5. The Morgan fingerprint density at radius 3 is 2.48 bits per heavy atom. The molecule has 5 nitrogen and oxygen atoms in total. The summed E-state index contributed by atoms with van der Waals surface area (Å²) in [7, 11) is 3.88. The van der Waals surface area contributed by atoms with E-state index in [1.807, 2.05) is 12.1 Å². The minimum Gasteiger partial charge on any atom is -0.497 e. The Morgan fingerprint density at radius 1 is 1.10 bits per heavy atom. The Bertz CT molecular complexity index is 862. The zero-order valence-electron chi connectivity index (χ0n) is 18.1. The number of nitrogens with zero attached hydrogens (tertiary/aromatic N) is 2. The highest BCUT2D eigenvalue weighted by molar-refractivity contribution is 5.85. The normalized spacial score (nSPS) is 23.3. The van der Waals surface area contributed by atoms with Gasteiger partial charge in [-0.25, -0.2) is 4.39 Å². The van der Waals surface area contributed by atoms with Crippen molar-refractivity contribution in [2.24, 2.45) is 11.8 Å². The quantitative estimate of drug-likeness (QED) is 0.708. The number of hydrogen-bond donors (Lipinski definition) is 1. The summed E-state index contributed by atoms with van der Waals surface area (Å²) < 4.78 is 18.3. The van der Waals surface area contributed by atoms with Crippen LogP contribution in [0.1, 0.15) is 17.2 Å². The zero-order valence-corrected chi connectivity index (χ0v) is 18.9. The van der Waals surface area contributed by atoms with Gasteiger partial charge in [0.15, 0.2) is 0 Å². The number of benzene rings is 2. The van der Waals surface area contributed by atoms with Gasteiger partial charge in [0, 0.05) is 32.2 Å². The Labute approximate surface area is 190 Å². The van der Waals surface area contributed by atoms with Gasteiger partial charge >= 0.3 is 0 Å². The fraction of sp³-hybridized carbons (Fsp3) is 0.458. The van der Waals surface area contributed by atoms with E-state index in [9.17, 15) is 9.18 Å². The van der Waals surface area contributed by atoms with E-state index in [1.54, 1.807) is 19.2 Å². The summed E-state index contributed by atoms with van der Waals surface area (Å²) in [6, 6.07) is 15.2. The molecule has 2 fully saturated rings. The Morgan fingerprint density at radius 2 is 1.81 bits per heavy atom. The van der Waals surface area contributed by atoms with E-state index in [0.29, 0.717) is 37.4 Å².